The molecule has 0 radical (unpaired) electrons. The number of rotatable bonds is 4. The van der Waals surface area contributed by atoms with Gasteiger partial charge >= 0.3 is 5.97 Å². The molecule has 1 amide bonds. The summed E-state index contributed by atoms with van der Waals surface area (Å²) in [5.41, 5.74) is 3.33. The number of carbonyl (C=O) groups is 2. The van der Waals surface area contributed by atoms with E-state index in [1.807, 2.05) is 18.2 Å². The Bertz CT molecular complexity index is 513. The van der Waals surface area contributed by atoms with Crippen molar-refractivity contribution in [3.8, 4) is 0 Å². The normalized spacial score (nSPS) is 14.8. The van der Waals surface area contributed by atoms with E-state index >= 15 is 0 Å². The topological polar surface area (TPSA) is 69.6 Å². The Morgan fingerprint density at radius 1 is 1.32 bits per heavy atom. The molecular formula is C14H18N2O3. The molecule has 19 heavy (non-hydrogen) atoms. The van der Waals surface area contributed by atoms with Crippen molar-refractivity contribution in [1.29, 1.82) is 0 Å². The van der Waals surface area contributed by atoms with Crippen LogP contribution in [0.2, 0.25) is 0 Å². The average Bonchev–Trinajstić information content (AvgIpc) is 2.85. The van der Waals surface area contributed by atoms with Gasteiger partial charge in [-0.3, -0.25) is 10.1 Å². The van der Waals surface area contributed by atoms with Crippen LogP contribution in [-0.2, 0) is 22.4 Å². The number of aliphatic carboxylic acids is 1. The van der Waals surface area contributed by atoms with E-state index < -0.39 is 17.9 Å². The second kappa shape index (κ2) is 5.40. The Kier molecular flexibility index (Phi) is 3.85. The third-order valence-electron chi connectivity index (χ3n) is 3.58. The van der Waals surface area contributed by atoms with Crippen molar-refractivity contribution >= 4 is 17.6 Å². The van der Waals surface area contributed by atoms with Crippen molar-refractivity contribution in [2.75, 3.05) is 19.0 Å². The van der Waals surface area contributed by atoms with E-state index in [1.165, 1.54) is 23.1 Å². The first kappa shape index (κ1) is 13.5. The Balaban J connectivity index is 2.21. The van der Waals surface area contributed by atoms with Crippen LogP contribution >= 0.6 is 0 Å². The highest BCUT2D eigenvalue weighted by molar-refractivity contribution is 6.08. The summed E-state index contributed by atoms with van der Waals surface area (Å²) in [6.07, 6.45) is 3.26. The van der Waals surface area contributed by atoms with Crippen LogP contribution in [0.3, 0.4) is 0 Å². The number of anilines is 1. The van der Waals surface area contributed by atoms with E-state index in [9.17, 15) is 9.59 Å². The summed E-state index contributed by atoms with van der Waals surface area (Å²) in [5, 5.41) is 11.5. The van der Waals surface area contributed by atoms with Gasteiger partial charge in [-0.25, -0.2) is 4.79 Å². The van der Waals surface area contributed by atoms with Gasteiger partial charge in [0.05, 0.1) is 0 Å². The van der Waals surface area contributed by atoms with E-state index in [0.29, 0.717) is 0 Å². The first-order valence-electron chi connectivity index (χ1n) is 6.34. The lowest BCUT2D eigenvalue weighted by Gasteiger charge is -2.21. The summed E-state index contributed by atoms with van der Waals surface area (Å²) in [6, 6.07) is 4.67. The number of aryl methyl sites for hydroxylation is 2. The lowest BCUT2D eigenvalue weighted by Crippen LogP contribution is -2.48. The molecule has 1 aliphatic rings. The fourth-order valence-corrected chi connectivity index (χ4v) is 2.44. The number of amides is 1. The van der Waals surface area contributed by atoms with Crippen LogP contribution in [0.25, 0.3) is 0 Å². The molecule has 1 aromatic carbocycles. The Hall–Kier alpha value is -1.88. The lowest BCUT2D eigenvalue weighted by atomic mass is 10.1. The molecular weight excluding hydrogens is 244 g/mol. The first-order chi connectivity index (χ1) is 9.04. The number of hydrogen-bond donors (Lipinski definition) is 2. The van der Waals surface area contributed by atoms with Gasteiger partial charge in [0, 0.05) is 12.7 Å². The zero-order valence-corrected chi connectivity index (χ0v) is 11.1. The Morgan fingerprint density at radius 3 is 2.63 bits per heavy atom. The van der Waals surface area contributed by atoms with Crippen molar-refractivity contribution < 1.29 is 14.7 Å². The zero-order chi connectivity index (χ0) is 14.0. The molecule has 0 spiro atoms. The van der Waals surface area contributed by atoms with E-state index in [1.54, 1.807) is 7.05 Å². The maximum Gasteiger partial charge on any atom is 0.330 e. The van der Waals surface area contributed by atoms with Gasteiger partial charge in [-0.2, -0.15) is 0 Å². The van der Waals surface area contributed by atoms with Gasteiger partial charge in [0.1, 0.15) is 0 Å². The molecule has 0 saturated carbocycles. The van der Waals surface area contributed by atoms with Crippen molar-refractivity contribution in [3.63, 3.8) is 0 Å². The van der Waals surface area contributed by atoms with Crippen LogP contribution in [-0.4, -0.2) is 37.1 Å². The molecule has 0 saturated heterocycles. The number of nitrogens with one attached hydrogen (secondary N) is 1. The molecule has 0 aromatic heterocycles. The van der Waals surface area contributed by atoms with Crippen LogP contribution in [0.1, 0.15) is 17.5 Å². The quantitative estimate of drug-likeness (QED) is 0.788. The largest absolute Gasteiger partial charge is 0.480 e. The number of carboxylic acid groups (broad SMARTS) is 1. The molecule has 1 atom stereocenters. The zero-order valence-electron chi connectivity index (χ0n) is 11.1. The molecule has 1 unspecified atom stereocenters. The molecule has 1 aliphatic carbocycles. The third kappa shape index (κ3) is 2.61. The Labute approximate surface area is 112 Å². The maximum absolute atomic E-state index is 12.1. The molecule has 0 heterocycles. The highest BCUT2D eigenvalue weighted by Gasteiger charge is 2.28. The number of nitrogens with zero attached hydrogens (tertiary/aromatic N) is 1. The Morgan fingerprint density at radius 2 is 2.00 bits per heavy atom. The number of fused-ring (bicyclic) bond motifs is 1. The molecule has 0 aliphatic heterocycles. The number of carboxylic acids is 1. The summed E-state index contributed by atoms with van der Waals surface area (Å²) in [4.78, 5) is 24.5. The molecule has 0 bridgehead atoms. The molecule has 5 heteroatoms. The van der Waals surface area contributed by atoms with Crippen LogP contribution in [0.5, 0.6) is 0 Å². The van der Waals surface area contributed by atoms with Crippen molar-refractivity contribution in [2.45, 2.75) is 25.3 Å². The van der Waals surface area contributed by atoms with E-state index in [2.05, 4.69) is 5.32 Å². The van der Waals surface area contributed by atoms with E-state index in [-0.39, 0.29) is 0 Å². The highest BCUT2D eigenvalue weighted by atomic mass is 16.4. The van der Waals surface area contributed by atoms with Crippen LogP contribution in [0, 0.1) is 0 Å². The third-order valence-corrected chi connectivity index (χ3v) is 3.58. The predicted octanol–water partition coefficient (Wildman–Crippen LogP) is 0.811. The summed E-state index contributed by atoms with van der Waals surface area (Å²) in [7, 11) is 3.07. The predicted molar refractivity (Wildman–Crippen MR) is 72.4 cm³/mol. The average molecular weight is 262 g/mol. The lowest BCUT2D eigenvalue weighted by molar-refractivity contribution is -0.143. The summed E-state index contributed by atoms with van der Waals surface area (Å²) in [5.74, 6) is -1.63. The molecule has 2 rings (SSSR count). The van der Waals surface area contributed by atoms with Crippen molar-refractivity contribution in [1.82, 2.24) is 5.32 Å². The van der Waals surface area contributed by atoms with Gasteiger partial charge in [0.25, 0.3) is 5.91 Å². The first-order valence-corrected chi connectivity index (χ1v) is 6.34. The van der Waals surface area contributed by atoms with Crippen molar-refractivity contribution in [3.05, 3.63) is 29.3 Å². The number of benzene rings is 1. The van der Waals surface area contributed by atoms with Gasteiger partial charge < -0.3 is 10.0 Å². The monoisotopic (exact) mass is 262 g/mol. The number of likely N-dealkylation sites (N-methyl/N-ethyl adjacent to an activating group) is 2. The van der Waals surface area contributed by atoms with E-state index in [4.69, 9.17) is 5.11 Å². The second-order valence-electron chi connectivity index (χ2n) is 4.76. The van der Waals surface area contributed by atoms with Crippen LogP contribution < -0.4 is 10.2 Å². The molecule has 102 valence electrons. The molecule has 1 aromatic rings. The van der Waals surface area contributed by atoms with Gasteiger partial charge in [0.15, 0.2) is 6.04 Å². The van der Waals surface area contributed by atoms with Gasteiger partial charge in [-0.05, 0) is 49.6 Å². The van der Waals surface area contributed by atoms with Crippen molar-refractivity contribution in [2.24, 2.45) is 0 Å². The molecule has 0 fully saturated rings. The van der Waals surface area contributed by atoms with Gasteiger partial charge in [0.2, 0.25) is 0 Å². The fraction of sp³-hybridized carbons (Fsp3) is 0.429. The fourth-order valence-electron chi connectivity index (χ4n) is 2.44. The van der Waals surface area contributed by atoms with Crippen LogP contribution in [0.4, 0.5) is 5.69 Å². The minimum Gasteiger partial charge on any atom is -0.480 e. The minimum absolute atomic E-state index is 0.465. The number of hydrogen-bond acceptors (Lipinski definition) is 3. The standard InChI is InChI=1S/C14H18N2O3/c1-15-12(14(18)19)13(17)16(2)11-7-6-9-4-3-5-10(9)8-11/h6-8,12,15H,3-5H2,1-2H3,(H,18,19). The van der Waals surface area contributed by atoms with Gasteiger partial charge in [-0.15, -0.1) is 0 Å². The summed E-state index contributed by atoms with van der Waals surface area (Å²) < 4.78 is 0. The van der Waals surface area contributed by atoms with Gasteiger partial charge in [-0.1, -0.05) is 6.07 Å². The molecule has 5 nitrogen and oxygen atoms in total. The minimum atomic E-state index is -1.21. The maximum atomic E-state index is 12.1. The SMILES string of the molecule is CNC(C(=O)O)C(=O)N(C)c1ccc2c(c1)CCC2. The highest BCUT2D eigenvalue weighted by Crippen LogP contribution is 2.26. The second-order valence-corrected chi connectivity index (χ2v) is 4.76. The smallest absolute Gasteiger partial charge is 0.330 e. The summed E-state index contributed by atoms with van der Waals surface area (Å²) in [6.45, 7) is 0. The van der Waals surface area contributed by atoms with E-state index in [0.717, 1.165) is 24.9 Å². The van der Waals surface area contributed by atoms with Crippen LogP contribution in [0.15, 0.2) is 18.2 Å². The number of carbonyl (C=O) groups excluding carboxylic acids is 1. The molecule has 2 N–H and O–H groups in total. The summed E-state index contributed by atoms with van der Waals surface area (Å²) >= 11 is 0.